The molecule has 0 bridgehead atoms. The number of β-amino-alcohol motifs (C(OH)–C–C–N with tert-alkyl or cyclic N) is 1. The number of nitrogens with one attached hydrogen (secondary N) is 2. The number of nitrogens with zero attached hydrogens (tertiary/aromatic N) is 2. The molecule has 1 fully saturated rings. The van der Waals surface area contributed by atoms with Gasteiger partial charge in [0.05, 0.1) is 34.8 Å². The largest absolute Gasteiger partial charge is 0.391 e. The highest BCUT2D eigenvalue weighted by Gasteiger charge is 2.44. The van der Waals surface area contributed by atoms with Crippen LogP contribution in [0.2, 0.25) is 0 Å². The van der Waals surface area contributed by atoms with Crippen molar-refractivity contribution in [3.05, 3.63) is 41.0 Å². The normalized spacial score (nSPS) is 19.1. The summed E-state index contributed by atoms with van der Waals surface area (Å²) < 4.78 is 0. The molecule has 1 saturated heterocycles. The molecule has 2 aromatic rings. The Kier molecular flexibility index (Phi) is 8.93. The predicted molar refractivity (Wildman–Crippen MR) is 146 cm³/mol. The summed E-state index contributed by atoms with van der Waals surface area (Å²) in [7, 11) is 0. The molecule has 3 N–H and O–H groups in total. The lowest BCUT2D eigenvalue weighted by atomic mass is 9.84. The van der Waals surface area contributed by atoms with Crippen LogP contribution in [0.3, 0.4) is 0 Å². The Bertz CT molecular complexity index is 1110. The summed E-state index contributed by atoms with van der Waals surface area (Å²) in [4.78, 5) is 46.1. The zero-order chi connectivity index (χ0) is 27.5. The van der Waals surface area contributed by atoms with Crippen LogP contribution in [-0.2, 0) is 20.9 Å². The van der Waals surface area contributed by atoms with E-state index >= 15 is 0 Å². The standard InChI is InChI=1S/C28H40N4O4S/c1-17-23(37-16-31-17)19-10-8-18(9-11-19)13-30-25(35)21-12-20(33)15-32(21)26(36)24(28(5,6)7)29-14-22(34)27(2,3)4/h8-11,16,20-21,24,29,33H,12-15H2,1-7H3,(H,30,35)/t20-,21+,24-/m1/s1. The van der Waals surface area contributed by atoms with Crippen LogP contribution in [0.4, 0.5) is 0 Å². The molecular formula is C28H40N4O4S. The second-order valence-electron chi connectivity index (χ2n) is 11.9. The first-order valence-corrected chi connectivity index (χ1v) is 13.6. The number of aromatic nitrogens is 1. The van der Waals surface area contributed by atoms with Crippen LogP contribution < -0.4 is 10.6 Å². The second kappa shape index (κ2) is 11.4. The number of carbonyl (C=O) groups is 3. The Morgan fingerprint density at radius 1 is 1.14 bits per heavy atom. The molecule has 0 saturated carbocycles. The summed E-state index contributed by atoms with van der Waals surface area (Å²) in [5, 5.41) is 16.4. The molecule has 0 spiro atoms. The van der Waals surface area contributed by atoms with Crippen LogP contribution >= 0.6 is 11.3 Å². The van der Waals surface area contributed by atoms with Crippen molar-refractivity contribution in [1.29, 1.82) is 0 Å². The van der Waals surface area contributed by atoms with Gasteiger partial charge in [0.25, 0.3) is 0 Å². The lowest BCUT2D eigenvalue weighted by Gasteiger charge is -2.35. The maximum atomic E-state index is 13.6. The summed E-state index contributed by atoms with van der Waals surface area (Å²) in [6.45, 7) is 13.7. The lowest BCUT2D eigenvalue weighted by molar-refractivity contribution is -0.142. The Morgan fingerprint density at radius 3 is 2.32 bits per heavy atom. The Hall–Kier alpha value is -2.62. The average molecular weight is 529 g/mol. The van der Waals surface area contributed by atoms with Gasteiger partial charge in [-0.15, -0.1) is 11.3 Å². The fourth-order valence-corrected chi connectivity index (χ4v) is 5.17. The summed E-state index contributed by atoms with van der Waals surface area (Å²) in [5.74, 6) is -0.581. The van der Waals surface area contributed by atoms with Crippen molar-refractivity contribution in [2.24, 2.45) is 10.8 Å². The molecule has 8 nitrogen and oxygen atoms in total. The molecule has 1 aliphatic rings. The predicted octanol–water partition coefficient (Wildman–Crippen LogP) is 3.32. The average Bonchev–Trinajstić information content (AvgIpc) is 3.41. The molecule has 1 aromatic heterocycles. The molecule has 2 heterocycles. The minimum atomic E-state index is -0.779. The van der Waals surface area contributed by atoms with Gasteiger partial charge in [0.1, 0.15) is 6.04 Å². The van der Waals surface area contributed by atoms with Crippen LogP contribution in [-0.4, -0.2) is 63.9 Å². The molecule has 0 aliphatic carbocycles. The second-order valence-corrected chi connectivity index (χ2v) is 12.8. The van der Waals surface area contributed by atoms with Gasteiger partial charge in [-0.1, -0.05) is 65.8 Å². The number of carbonyl (C=O) groups excluding carboxylic acids is 3. The van der Waals surface area contributed by atoms with Gasteiger partial charge in [-0.25, -0.2) is 4.98 Å². The van der Waals surface area contributed by atoms with Gasteiger partial charge >= 0.3 is 0 Å². The van der Waals surface area contributed by atoms with Crippen molar-refractivity contribution in [2.45, 2.75) is 79.6 Å². The topological polar surface area (TPSA) is 112 Å². The minimum Gasteiger partial charge on any atom is -0.391 e. The molecule has 0 unspecified atom stereocenters. The van der Waals surface area contributed by atoms with Gasteiger partial charge < -0.3 is 15.3 Å². The number of ketones is 1. The summed E-state index contributed by atoms with van der Waals surface area (Å²) in [6.07, 6.45) is -0.600. The van der Waals surface area contributed by atoms with Gasteiger partial charge in [0.2, 0.25) is 11.8 Å². The molecule has 2 amide bonds. The number of rotatable bonds is 8. The first kappa shape index (κ1) is 28.9. The minimum absolute atomic E-state index is 0.00169. The fourth-order valence-electron chi connectivity index (χ4n) is 4.36. The maximum absolute atomic E-state index is 13.6. The monoisotopic (exact) mass is 528 g/mol. The van der Waals surface area contributed by atoms with Gasteiger partial charge in [0.15, 0.2) is 5.78 Å². The number of aryl methyl sites for hydroxylation is 1. The summed E-state index contributed by atoms with van der Waals surface area (Å²) in [6, 6.07) is 6.50. The van der Waals surface area contributed by atoms with Gasteiger partial charge in [0, 0.05) is 24.9 Å². The van der Waals surface area contributed by atoms with Crippen molar-refractivity contribution in [2.75, 3.05) is 13.1 Å². The van der Waals surface area contributed by atoms with Crippen LogP contribution in [0.1, 0.15) is 59.2 Å². The number of aliphatic hydroxyl groups excluding tert-OH is 1. The van der Waals surface area contributed by atoms with E-state index in [9.17, 15) is 19.5 Å². The van der Waals surface area contributed by atoms with Crippen LogP contribution in [0.15, 0.2) is 29.8 Å². The third-order valence-corrected chi connectivity index (χ3v) is 7.69. The third kappa shape index (κ3) is 7.24. The number of aliphatic hydroxyl groups is 1. The van der Waals surface area contributed by atoms with E-state index < -0.39 is 29.0 Å². The van der Waals surface area contributed by atoms with Crippen LogP contribution in [0.5, 0.6) is 0 Å². The maximum Gasteiger partial charge on any atom is 0.243 e. The third-order valence-electron chi connectivity index (χ3n) is 6.71. The highest BCUT2D eigenvalue weighted by atomic mass is 32.1. The Balaban J connectivity index is 1.67. The number of amides is 2. The SMILES string of the molecule is Cc1ncsc1-c1ccc(CNC(=O)[C@@H]2C[C@@H](O)CN2C(=O)[C@@H](NCC(=O)C(C)(C)C)C(C)(C)C)cc1. The van der Waals surface area contributed by atoms with Crippen molar-refractivity contribution >= 4 is 28.9 Å². The smallest absolute Gasteiger partial charge is 0.243 e. The molecule has 202 valence electrons. The Labute approximate surface area is 223 Å². The lowest BCUT2D eigenvalue weighted by Crippen LogP contribution is -2.57. The molecular weight excluding hydrogens is 488 g/mol. The van der Waals surface area contributed by atoms with Crippen molar-refractivity contribution in [3.8, 4) is 10.4 Å². The summed E-state index contributed by atoms with van der Waals surface area (Å²) in [5.41, 5.74) is 3.80. The number of hydrogen-bond acceptors (Lipinski definition) is 7. The van der Waals surface area contributed by atoms with E-state index in [0.717, 1.165) is 21.7 Å². The highest BCUT2D eigenvalue weighted by molar-refractivity contribution is 7.13. The molecule has 1 aromatic carbocycles. The van der Waals surface area contributed by atoms with E-state index in [4.69, 9.17) is 0 Å². The quantitative estimate of drug-likeness (QED) is 0.485. The van der Waals surface area contributed by atoms with E-state index in [0.29, 0.717) is 6.54 Å². The number of thiazole rings is 1. The van der Waals surface area contributed by atoms with Crippen LogP contribution in [0, 0.1) is 17.8 Å². The van der Waals surface area contributed by atoms with Gasteiger partial charge in [-0.3, -0.25) is 19.7 Å². The number of Topliss-reactive ketones (excluding diaryl/α,β-unsaturated/α-hetero) is 1. The van der Waals surface area contributed by atoms with Crippen molar-refractivity contribution in [3.63, 3.8) is 0 Å². The number of likely N-dealkylation sites (tertiary alicyclic amines) is 1. The molecule has 9 heteroatoms. The number of hydrogen-bond donors (Lipinski definition) is 3. The first-order valence-electron chi connectivity index (χ1n) is 12.7. The molecule has 1 aliphatic heterocycles. The number of benzene rings is 1. The van der Waals surface area contributed by atoms with Crippen LogP contribution in [0.25, 0.3) is 10.4 Å². The van der Waals surface area contributed by atoms with Crippen molar-refractivity contribution in [1.82, 2.24) is 20.5 Å². The molecule has 3 rings (SSSR count). The molecule has 3 atom stereocenters. The van der Waals surface area contributed by atoms with E-state index in [1.54, 1.807) is 11.3 Å². The van der Waals surface area contributed by atoms with E-state index in [1.807, 2.05) is 78.2 Å². The van der Waals surface area contributed by atoms with E-state index in [2.05, 4.69) is 15.6 Å². The van der Waals surface area contributed by atoms with E-state index in [-0.39, 0.29) is 37.1 Å². The zero-order valence-electron chi connectivity index (χ0n) is 22.9. The molecule has 37 heavy (non-hydrogen) atoms. The van der Waals surface area contributed by atoms with Gasteiger partial charge in [-0.05, 0) is 23.5 Å². The Morgan fingerprint density at radius 2 is 1.78 bits per heavy atom. The summed E-state index contributed by atoms with van der Waals surface area (Å²) >= 11 is 1.59. The highest BCUT2D eigenvalue weighted by Crippen LogP contribution is 2.28. The van der Waals surface area contributed by atoms with Gasteiger partial charge in [-0.2, -0.15) is 0 Å². The van der Waals surface area contributed by atoms with Crippen molar-refractivity contribution < 1.29 is 19.5 Å². The fraction of sp³-hybridized carbons (Fsp3) is 0.571. The van der Waals surface area contributed by atoms with E-state index in [1.165, 1.54) is 4.90 Å². The zero-order valence-corrected chi connectivity index (χ0v) is 23.7. The first-order chi connectivity index (χ1) is 17.2. The molecule has 0 radical (unpaired) electrons.